The molecule has 170 valence electrons. The Labute approximate surface area is 184 Å². The number of nitrogens with one attached hydrogen (secondary N) is 1. The van der Waals surface area contributed by atoms with E-state index < -0.39 is 0 Å². The number of piperazine rings is 1. The van der Waals surface area contributed by atoms with Gasteiger partial charge in [-0.1, -0.05) is 26.0 Å². The highest BCUT2D eigenvalue weighted by Crippen LogP contribution is 2.18. The molecule has 0 unspecified atom stereocenters. The van der Waals surface area contributed by atoms with E-state index in [0.717, 1.165) is 64.9 Å². The lowest BCUT2D eigenvalue weighted by Gasteiger charge is -2.38. The maximum atomic E-state index is 5.98. The van der Waals surface area contributed by atoms with Crippen molar-refractivity contribution in [1.82, 2.24) is 15.1 Å². The van der Waals surface area contributed by atoms with E-state index in [1.807, 2.05) is 0 Å². The molecular weight excluding hydrogens is 372 g/mol. The number of nitrogens with zero attached hydrogens (tertiary/aromatic N) is 3. The minimum atomic E-state index is 0.314. The molecule has 0 amide bonds. The second-order valence-electron chi connectivity index (χ2n) is 9.74. The first-order chi connectivity index (χ1) is 14.5. The maximum absolute atomic E-state index is 5.98. The Bertz CT molecular complexity index is 596. The van der Waals surface area contributed by atoms with Crippen LogP contribution in [0, 0.1) is 5.92 Å². The van der Waals surface area contributed by atoms with Crippen molar-refractivity contribution in [2.45, 2.75) is 59.2 Å². The Balaban J connectivity index is 1.35. The highest BCUT2D eigenvalue weighted by Gasteiger charge is 2.20. The summed E-state index contributed by atoms with van der Waals surface area (Å²) in [5.74, 6) is 0.805. The molecule has 5 nitrogen and oxygen atoms in total. The summed E-state index contributed by atoms with van der Waals surface area (Å²) in [5, 5.41) is 3.61. The number of rotatable bonds is 10. The van der Waals surface area contributed by atoms with Crippen molar-refractivity contribution in [2.24, 2.45) is 5.92 Å². The molecule has 5 heteroatoms. The van der Waals surface area contributed by atoms with Gasteiger partial charge in [0.15, 0.2) is 0 Å². The minimum Gasteiger partial charge on any atom is -0.374 e. The van der Waals surface area contributed by atoms with E-state index in [0.29, 0.717) is 12.1 Å². The van der Waals surface area contributed by atoms with Crippen molar-refractivity contribution in [3.05, 3.63) is 29.8 Å². The molecule has 1 aromatic rings. The van der Waals surface area contributed by atoms with Crippen molar-refractivity contribution in [2.75, 3.05) is 63.9 Å². The molecule has 2 saturated heterocycles. The largest absolute Gasteiger partial charge is 0.374 e. The third-order valence-electron chi connectivity index (χ3n) is 6.53. The summed E-state index contributed by atoms with van der Waals surface area (Å²) in [6.45, 7) is 19.9. The van der Waals surface area contributed by atoms with Crippen molar-refractivity contribution >= 4 is 5.69 Å². The summed E-state index contributed by atoms with van der Waals surface area (Å²) in [7, 11) is 0. The highest BCUT2D eigenvalue weighted by molar-refractivity contribution is 5.48. The molecule has 0 aromatic heterocycles. The van der Waals surface area contributed by atoms with Gasteiger partial charge in [0.2, 0.25) is 0 Å². The van der Waals surface area contributed by atoms with Gasteiger partial charge in [-0.25, -0.2) is 0 Å². The summed E-state index contributed by atoms with van der Waals surface area (Å²) in [4.78, 5) is 7.65. The van der Waals surface area contributed by atoms with Crippen LogP contribution in [0.4, 0.5) is 5.69 Å². The number of anilines is 1. The van der Waals surface area contributed by atoms with Crippen LogP contribution in [-0.4, -0.2) is 80.9 Å². The Morgan fingerprint density at radius 1 is 1.00 bits per heavy atom. The maximum Gasteiger partial charge on any atom is 0.0826 e. The van der Waals surface area contributed by atoms with Crippen LogP contribution in [-0.2, 0) is 11.3 Å². The van der Waals surface area contributed by atoms with Crippen molar-refractivity contribution in [3.63, 3.8) is 0 Å². The normalized spacial score (nSPS) is 21.7. The zero-order valence-electron chi connectivity index (χ0n) is 19.8. The van der Waals surface area contributed by atoms with Crippen LogP contribution in [0.1, 0.15) is 46.1 Å². The lowest BCUT2D eigenvalue weighted by atomic mass is 10.1. The van der Waals surface area contributed by atoms with E-state index >= 15 is 0 Å². The topological polar surface area (TPSA) is 31.0 Å². The van der Waals surface area contributed by atoms with Crippen LogP contribution >= 0.6 is 0 Å². The summed E-state index contributed by atoms with van der Waals surface area (Å²) < 4.78 is 5.98. The van der Waals surface area contributed by atoms with Gasteiger partial charge in [0.25, 0.3) is 0 Å². The van der Waals surface area contributed by atoms with Gasteiger partial charge < -0.3 is 15.0 Å². The average Bonchev–Trinajstić information content (AvgIpc) is 2.74. The Hall–Kier alpha value is -1.14. The molecule has 0 spiro atoms. The van der Waals surface area contributed by atoms with E-state index in [2.05, 4.69) is 72.0 Å². The minimum absolute atomic E-state index is 0.314. The van der Waals surface area contributed by atoms with E-state index in [9.17, 15) is 0 Å². The summed E-state index contributed by atoms with van der Waals surface area (Å²) in [5.41, 5.74) is 2.71. The number of ether oxygens (including phenoxy) is 1. The highest BCUT2D eigenvalue weighted by atomic mass is 16.5. The molecule has 2 fully saturated rings. The predicted molar refractivity (Wildman–Crippen MR) is 127 cm³/mol. The zero-order valence-corrected chi connectivity index (χ0v) is 19.8. The molecule has 0 saturated carbocycles. The summed E-state index contributed by atoms with van der Waals surface area (Å²) in [6.07, 6.45) is 2.94. The molecular formula is C25H44N4O. The molecule has 2 heterocycles. The third kappa shape index (κ3) is 7.52. The van der Waals surface area contributed by atoms with Gasteiger partial charge in [0, 0.05) is 64.1 Å². The monoisotopic (exact) mass is 416 g/mol. The second-order valence-corrected chi connectivity index (χ2v) is 9.74. The van der Waals surface area contributed by atoms with E-state index in [-0.39, 0.29) is 0 Å². The van der Waals surface area contributed by atoms with E-state index in [1.54, 1.807) is 0 Å². The molecule has 1 atom stereocenters. The van der Waals surface area contributed by atoms with E-state index in [1.165, 1.54) is 30.6 Å². The molecule has 30 heavy (non-hydrogen) atoms. The molecule has 3 rings (SSSR count). The van der Waals surface area contributed by atoms with Crippen molar-refractivity contribution in [3.8, 4) is 0 Å². The van der Waals surface area contributed by atoms with Crippen LogP contribution in [0.2, 0.25) is 0 Å². The molecule has 0 aliphatic carbocycles. The molecule has 1 aromatic carbocycles. The number of hydrogen-bond donors (Lipinski definition) is 1. The number of morpholine rings is 1. The zero-order chi connectivity index (χ0) is 21.3. The standard InChI is InChI=1S/C25H44N4O/c1-21(2)6-5-11-27-16-17-30-25(20-27)19-26-18-23-7-9-24(10-8-23)29-14-12-28(13-15-29)22(3)4/h7-10,21-22,25-26H,5-6,11-20H2,1-4H3/t25-/m1/s1. The lowest BCUT2D eigenvalue weighted by molar-refractivity contribution is -0.0277. The van der Waals surface area contributed by atoms with Gasteiger partial charge in [0.05, 0.1) is 12.7 Å². The van der Waals surface area contributed by atoms with Gasteiger partial charge in [-0.15, -0.1) is 0 Å². The van der Waals surface area contributed by atoms with Crippen molar-refractivity contribution in [1.29, 1.82) is 0 Å². The van der Waals surface area contributed by atoms with Crippen LogP contribution < -0.4 is 10.2 Å². The number of hydrogen-bond acceptors (Lipinski definition) is 5. The van der Waals surface area contributed by atoms with Gasteiger partial charge in [-0.05, 0) is 56.8 Å². The Morgan fingerprint density at radius 3 is 2.40 bits per heavy atom. The molecule has 2 aliphatic rings. The van der Waals surface area contributed by atoms with Gasteiger partial charge in [0.1, 0.15) is 0 Å². The van der Waals surface area contributed by atoms with Crippen LogP contribution in [0.3, 0.4) is 0 Å². The van der Waals surface area contributed by atoms with Crippen LogP contribution in [0.25, 0.3) is 0 Å². The number of benzene rings is 1. The Kier molecular flexibility index (Phi) is 9.44. The van der Waals surface area contributed by atoms with Gasteiger partial charge in [-0.3, -0.25) is 9.80 Å². The molecule has 0 radical (unpaired) electrons. The summed E-state index contributed by atoms with van der Waals surface area (Å²) >= 11 is 0. The lowest BCUT2D eigenvalue weighted by Crippen LogP contribution is -2.48. The first-order valence-electron chi connectivity index (χ1n) is 12.1. The van der Waals surface area contributed by atoms with Gasteiger partial charge >= 0.3 is 0 Å². The fraction of sp³-hybridized carbons (Fsp3) is 0.760. The average molecular weight is 417 g/mol. The first-order valence-corrected chi connectivity index (χ1v) is 12.1. The fourth-order valence-electron chi connectivity index (χ4n) is 4.53. The van der Waals surface area contributed by atoms with Crippen LogP contribution in [0.15, 0.2) is 24.3 Å². The second kappa shape index (κ2) is 12.0. The van der Waals surface area contributed by atoms with Crippen LogP contribution in [0.5, 0.6) is 0 Å². The predicted octanol–water partition coefficient (Wildman–Crippen LogP) is 3.44. The third-order valence-corrected chi connectivity index (χ3v) is 6.53. The van der Waals surface area contributed by atoms with E-state index in [4.69, 9.17) is 4.74 Å². The quantitative estimate of drug-likeness (QED) is 0.631. The molecule has 0 bridgehead atoms. The molecule has 1 N–H and O–H groups in total. The van der Waals surface area contributed by atoms with Crippen molar-refractivity contribution < 1.29 is 4.74 Å². The molecule has 2 aliphatic heterocycles. The van der Waals surface area contributed by atoms with Gasteiger partial charge in [-0.2, -0.15) is 0 Å². The first kappa shape index (κ1) is 23.5. The SMILES string of the molecule is CC(C)CCCN1CCO[C@H](CNCc2ccc(N3CCN(C(C)C)CC3)cc2)C1. The summed E-state index contributed by atoms with van der Waals surface area (Å²) in [6, 6.07) is 9.78. The smallest absolute Gasteiger partial charge is 0.0826 e. The fourth-order valence-corrected chi connectivity index (χ4v) is 4.53. The Morgan fingerprint density at radius 2 is 1.73 bits per heavy atom.